The van der Waals surface area contributed by atoms with Crippen molar-refractivity contribution in [2.45, 2.75) is 19.4 Å². The molecule has 0 unspecified atom stereocenters. The van der Waals surface area contributed by atoms with E-state index in [-0.39, 0.29) is 5.56 Å². The maximum atomic E-state index is 12.5. The molecule has 0 bridgehead atoms. The number of nitrogens with zero attached hydrogens (tertiary/aromatic N) is 7. The van der Waals surface area contributed by atoms with Crippen molar-refractivity contribution in [2.24, 2.45) is 5.92 Å². The Balaban J connectivity index is 1.39. The summed E-state index contributed by atoms with van der Waals surface area (Å²) in [5.74, 6) is 2.12. The van der Waals surface area contributed by atoms with Gasteiger partial charge in [-0.15, -0.1) is 0 Å². The smallest absolute Gasteiger partial charge is 0.253 e. The molecule has 0 aliphatic carbocycles. The minimum atomic E-state index is -0.0247. The molecule has 29 heavy (non-hydrogen) atoms. The zero-order valence-electron chi connectivity index (χ0n) is 16.8. The van der Waals surface area contributed by atoms with Crippen LogP contribution in [0.2, 0.25) is 0 Å². The van der Waals surface area contributed by atoms with Gasteiger partial charge in [-0.25, -0.2) is 9.97 Å². The van der Waals surface area contributed by atoms with Crippen LogP contribution in [-0.2, 0) is 6.54 Å². The van der Waals surface area contributed by atoms with Crippen LogP contribution >= 0.6 is 0 Å². The number of aromatic nitrogens is 5. The van der Waals surface area contributed by atoms with Crippen LogP contribution < -0.4 is 15.4 Å². The van der Waals surface area contributed by atoms with E-state index in [0.717, 1.165) is 43.3 Å². The lowest BCUT2D eigenvalue weighted by Crippen LogP contribution is -2.37. The second kappa shape index (κ2) is 8.38. The highest BCUT2D eigenvalue weighted by Gasteiger charge is 2.22. The topological polar surface area (TPSA) is 80.0 Å². The summed E-state index contributed by atoms with van der Waals surface area (Å²) >= 11 is 0. The van der Waals surface area contributed by atoms with E-state index in [1.165, 1.54) is 0 Å². The predicted octanol–water partition coefficient (Wildman–Crippen LogP) is 2.08. The number of hydrogen-bond donors (Lipinski definition) is 0. The lowest BCUT2D eigenvalue weighted by Gasteiger charge is -2.32. The van der Waals surface area contributed by atoms with E-state index >= 15 is 0 Å². The van der Waals surface area contributed by atoms with Gasteiger partial charge in [0.1, 0.15) is 5.82 Å². The molecular weight excluding hydrogens is 366 g/mol. The normalized spacial score (nSPS) is 14.8. The van der Waals surface area contributed by atoms with Gasteiger partial charge in [0, 0.05) is 63.9 Å². The third kappa shape index (κ3) is 4.42. The third-order valence-electron chi connectivity index (χ3n) is 5.28. The second-order valence-corrected chi connectivity index (χ2v) is 7.55. The van der Waals surface area contributed by atoms with Gasteiger partial charge < -0.3 is 9.80 Å². The highest BCUT2D eigenvalue weighted by Crippen LogP contribution is 2.23. The Morgan fingerprint density at radius 3 is 2.66 bits per heavy atom. The van der Waals surface area contributed by atoms with E-state index < -0.39 is 0 Å². The Labute approximate surface area is 169 Å². The van der Waals surface area contributed by atoms with Crippen molar-refractivity contribution >= 4 is 11.8 Å². The average molecular weight is 391 g/mol. The SMILES string of the molecule is CN(C)c1ccnc(N2CCC(Cn3cnc(-c4cccnc4)cc3=O)CC2)n1. The first-order valence-corrected chi connectivity index (χ1v) is 9.82. The maximum Gasteiger partial charge on any atom is 0.253 e. The van der Waals surface area contributed by atoms with Gasteiger partial charge in [-0.3, -0.25) is 14.3 Å². The zero-order valence-corrected chi connectivity index (χ0v) is 16.8. The summed E-state index contributed by atoms with van der Waals surface area (Å²) in [6, 6.07) is 7.24. The molecule has 3 aromatic rings. The van der Waals surface area contributed by atoms with Crippen molar-refractivity contribution in [3.8, 4) is 11.3 Å². The van der Waals surface area contributed by atoms with Crippen molar-refractivity contribution in [3.63, 3.8) is 0 Å². The highest BCUT2D eigenvalue weighted by atomic mass is 16.1. The standard InChI is InChI=1S/C21H25N7O/c1-26(2)19-5-9-23-21(25-19)27-10-6-16(7-11-27)14-28-15-24-18(12-20(28)29)17-4-3-8-22-13-17/h3-5,8-9,12-13,15-16H,6-7,10-11,14H2,1-2H3. The summed E-state index contributed by atoms with van der Waals surface area (Å²) in [6.07, 6.45) is 8.87. The summed E-state index contributed by atoms with van der Waals surface area (Å²) in [5.41, 5.74) is 1.49. The third-order valence-corrected chi connectivity index (χ3v) is 5.28. The summed E-state index contributed by atoms with van der Waals surface area (Å²) in [7, 11) is 3.95. The molecule has 1 saturated heterocycles. The molecule has 0 aromatic carbocycles. The van der Waals surface area contributed by atoms with Gasteiger partial charge in [-0.2, -0.15) is 4.98 Å². The quantitative estimate of drug-likeness (QED) is 0.659. The van der Waals surface area contributed by atoms with Gasteiger partial charge in [-0.05, 0) is 37.0 Å². The fourth-order valence-electron chi connectivity index (χ4n) is 3.57. The van der Waals surface area contributed by atoms with Crippen molar-refractivity contribution in [3.05, 3.63) is 59.5 Å². The van der Waals surface area contributed by atoms with Crippen molar-refractivity contribution in [1.29, 1.82) is 0 Å². The van der Waals surface area contributed by atoms with Crippen LogP contribution in [0.5, 0.6) is 0 Å². The van der Waals surface area contributed by atoms with Gasteiger partial charge in [0.05, 0.1) is 12.0 Å². The minimum absolute atomic E-state index is 0.0247. The van der Waals surface area contributed by atoms with Gasteiger partial charge >= 0.3 is 0 Å². The number of anilines is 2. The predicted molar refractivity (Wildman–Crippen MR) is 113 cm³/mol. The van der Waals surface area contributed by atoms with Crippen LogP contribution in [0.15, 0.2) is 54.0 Å². The molecule has 3 aromatic heterocycles. The summed E-state index contributed by atoms with van der Waals surface area (Å²) in [4.78, 5) is 34.3. The molecule has 4 rings (SSSR count). The van der Waals surface area contributed by atoms with Crippen LogP contribution in [-0.4, -0.2) is 51.7 Å². The molecule has 1 aliphatic heterocycles. The number of rotatable bonds is 5. The molecule has 1 fully saturated rings. The minimum Gasteiger partial charge on any atom is -0.363 e. The molecule has 0 spiro atoms. The molecule has 8 nitrogen and oxygen atoms in total. The van der Waals surface area contributed by atoms with Crippen molar-refractivity contribution in [2.75, 3.05) is 37.0 Å². The fraction of sp³-hybridized carbons (Fsp3) is 0.381. The molecule has 0 atom stereocenters. The molecule has 150 valence electrons. The van der Waals surface area contributed by atoms with E-state index in [1.807, 2.05) is 37.2 Å². The van der Waals surface area contributed by atoms with Crippen molar-refractivity contribution < 1.29 is 0 Å². The maximum absolute atomic E-state index is 12.5. The first kappa shape index (κ1) is 19.0. The Morgan fingerprint density at radius 2 is 1.97 bits per heavy atom. The summed E-state index contributed by atoms with van der Waals surface area (Å²) < 4.78 is 1.71. The van der Waals surface area contributed by atoms with Crippen LogP contribution in [0.3, 0.4) is 0 Å². The van der Waals surface area contributed by atoms with Crippen LogP contribution in [0.25, 0.3) is 11.3 Å². The number of piperidine rings is 1. The van der Waals surface area contributed by atoms with E-state index in [4.69, 9.17) is 0 Å². The Bertz CT molecular complexity index is 1010. The first-order chi connectivity index (χ1) is 14.1. The van der Waals surface area contributed by atoms with Gasteiger partial charge in [0.15, 0.2) is 0 Å². The molecule has 8 heteroatoms. The number of pyridine rings is 1. The van der Waals surface area contributed by atoms with Gasteiger partial charge in [0.25, 0.3) is 5.56 Å². The zero-order chi connectivity index (χ0) is 20.2. The molecule has 0 N–H and O–H groups in total. The van der Waals surface area contributed by atoms with Crippen LogP contribution in [0.1, 0.15) is 12.8 Å². The van der Waals surface area contributed by atoms with Crippen LogP contribution in [0, 0.1) is 5.92 Å². The second-order valence-electron chi connectivity index (χ2n) is 7.55. The highest BCUT2D eigenvalue weighted by molar-refractivity contribution is 5.56. The lowest BCUT2D eigenvalue weighted by atomic mass is 9.97. The Hall–Kier alpha value is -3.29. The van der Waals surface area contributed by atoms with Gasteiger partial charge in [0.2, 0.25) is 5.95 Å². The van der Waals surface area contributed by atoms with E-state index in [9.17, 15) is 4.79 Å². The summed E-state index contributed by atoms with van der Waals surface area (Å²) in [5, 5.41) is 0. The molecule has 0 amide bonds. The molecule has 1 aliphatic rings. The largest absolute Gasteiger partial charge is 0.363 e. The van der Waals surface area contributed by atoms with E-state index in [1.54, 1.807) is 35.6 Å². The summed E-state index contributed by atoms with van der Waals surface area (Å²) in [6.45, 7) is 2.46. The van der Waals surface area contributed by atoms with E-state index in [0.29, 0.717) is 18.2 Å². The fourth-order valence-corrected chi connectivity index (χ4v) is 3.57. The lowest BCUT2D eigenvalue weighted by molar-refractivity contribution is 0.349. The molecule has 0 saturated carbocycles. The first-order valence-electron chi connectivity index (χ1n) is 9.82. The molecular formula is C21H25N7O. The monoisotopic (exact) mass is 391 g/mol. The average Bonchev–Trinajstić information content (AvgIpc) is 2.76. The number of hydrogen-bond acceptors (Lipinski definition) is 7. The molecule has 4 heterocycles. The van der Waals surface area contributed by atoms with Crippen molar-refractivity contribution in [1.82, 2.24) is 24.5 Å². The van der Waals surface area contributed by atoms with E-state index in [2.05, 4.69) is 24.8 Å². The van der Waals surface area contributed by atoms with Gasteiger partial charge in [-0.1, -0.05) is 0 Å². The molecule has 0 radical (unpaired) electrons. The Kier molecular flexibility index (Phi) is 5.50. The van der Waals surface area contributed by atoms with Crippen LogP contribution in [0.4, 0.5) is 11.8 Å². The Morgan fingerprint density at radius 1 is 1.14 bits per heavy atom.